The summed E-state index contributed by atoms with van der Waals surface area (Å²) in [4.78, 5) is 0. The third kappa shape index (κ3) is 1.72. The van der Waals surface area contributed by atoms with Crippen LogP contribution in [0.2, 0.25) is 0 Å². The monoisotopic (exact) mass is 209 g/mol. The molecule has 0 aromatic heterocycles. The first-order chi connectivity index (χ1) is 7.03. The van der Waals surface area contributed by atoms with Crippen LogP contribution in [0.5, 0.6) is 5.75 Å². The Morgan fingerprint density at radius 3 is 2.80 bits per heavy atom. The zero-order valence-electron chi connectivity index (χ0n) is 9.10. The summed E-state index contributed by atoms with van der Waals surface area (Å²) in [5.41, 5.74) is 0.830. The maximum atomic E-state index is 13.8. The Balaban J connectivity index is 2.48. The van der Waals surface area contributed by atoms with Crippen LogP contribution in [0.1, 0.15) is 30.9 Å². The SMILES string of the molecule is Cc1cc(F)c(C2(C)CCCN2)cc1O. The fourth-order valence-corrected chi connectivity index (χ4v) is 2.21. The van der Waals surface area contributed by atoms with E-state index in [0.717, 1.165) is 19.4 Å². The largest absolute Gasteiger partial charge is 0.508 e. The van der Waals surface area contributed by atoms with E-state index in [2.05, 4.69) is 5.32 Å². The Kier molecular flexibility index (Phi) is 2.43. The van der Waals surface area contributed by atoms with Crippen molar-refractivity contribution in [1.29, 1.82) is 0 Å². The topological polar surface area (TPSA) is 32.3 Å². The second kappa shape index (κ2) is 3.49. The summed E-state index contributed by atoms with van der Waals surface area (Å²) >= 11 is 0. The number of hydrogen-bond acceptors (Lipinski definition) is 2. The van der Waals surface area contributed by atoms with Crippen molar-refractivity contribution in [3.8, 4) is 5.75 Å². The lowest BCUT2D eigenvalue weighted by atomic mass is 9.89. The maximum absolute atomic E-state index is 13.8. The molecule has 1 aliphatic rings. The predicted octanol–water partition coefficient (Wildman–Crippen LogP) is 2.44. The van der Waals surface area contributed by atoms with E-state index in [4.69, 9.17) is 0 Å². The van der Waals surface area contributed by atoms with E-state index in [1.165, 1.54) is 6.07 Å². The summed E-state index contributed by atoms with van der Waals surface area (Å²) < 4.78 is 13.8. The van der Waals surface area contributed by atoms with Gasteiger partial charge < -0.3 is 10.4 Å². The van der Waals surface area contributed by atoms with E-state index >= 15 is 0 Å². The average Bonchev–Trinajstić information content (AvgIpc) is 2.60. The van der Waals surface area contributed by atoms with Crippen LogP contribution in [0.15, 0.2) is 12.1 Å². The third-order valence-corrected chi connectivity index (χ3v) is 3.25. The summed E-state index contributed by atoms with van der Waals surface area (Å²) in [6.07, 6.45) is 1.96. The maximum Gasteiger partial charge on any atom is 0.128 e. The molecule has 0 saturated carbocycles. The van der Waals surface area contributed by atoms with Crippen molar-refractivity contribution in [2.24, 2.45) is 0 Å². The van der Waals surface area contributed by atoms with Gasteiger partial charge in [-0.25, -0.2) is 4.39 Å². The van der Waals surface area contributed by atoms with Gasteiger partial charge in [0.15, 0.2) is 0 Å². The fourth-order valence-electron chi connectivity index (χ4n) is 2.21. The Bertz CT molecular complexity index is 383. The molecule has 1 aromatic rings. The molecule has 15 heavy (non-hydrogen) atoms. The molecule has 1 fully saturated rings. The first-order valence-corrected chi connectivity index (χ1v) is 5.27. The van der Waals surface area contributed by atoms with Gasteiger partial charge in [-0.3, -0.25) is 0 Å². The van der Waals surface area contributed by atoms with E-state index in [-0.39, 0.29) is 17.1 Å². The highest BCUT2D eigenvalue weighted by Crippen LogP contribution is 2.34. The Labute approximate surface area is 89.1 Å². The van der Waals surface area contributed by atoms with Gasteiger partial charge in [0.1, 0.15) is 11.6 Å². The lowest BCUT2D eigenvalue weighted by Gasteiger charge is -2.26. The highest BCUT2D eigenvalue weighted by molar-refractivity contribution is 5.39. The van der Waals surface area contributed by atoms with Gasteiger partial charge in [0.2, 0.25) is 0 Å². The van der Waals surface area contributed by atoms with Gasteiger partial charge in [-0.1, -0.05) is 0 Å². The molecule has 0 spiro atoms. The van der Waals surface area contributed by atoms with Gasteiger partial charge >= 0.3 is 0 Å². The highest BCUT2D eigenvalue weighted by Gasteiger charge is 2.32. The lowest BCUT2D eigenvalue weighted by molar-refractivity contribution is 0.402. The molecule has 1 unspecified atom stereocenters. The second-order valence-electron chi connectivity index (χ2n) is 4.48. The zero-order chi connectivity index (χ0) is 11.1. The summed E-state index contributed by atoms with van der Waals surface area (Å²) in [6, 6.07) is 2.94. The molecule has 0 bridgehead atoms. The quantitative estimate of drug-likeness (QED) is 0.744. The third-order valence-electron chi connectivity index (χ3n) is 3.25. The summed E-state index contributed by atoms with van der Waals surface area (Å²) in [6.45, 7) is 4.59. The van der Waals surface area contributed by atoms with Crippen LogP contribution in [0.4, 0.5) is 4.39 Å². The zero-order valence-corrected chi connectivity index (χ0v) is 9.10. The molecule has 2 N–H and O–H groups in total. The van der Waals surface area contributed by atoms with Crippen LogP contribution < -0.4 is 5.32 Å². The smallest absolute Gasteiger partial charge is 0.128 e. The molecular weight excluding hydrogens is 193 g/mol. The van der Waals surface area contributed by atoms with Crippen LogP contribution >= 0.6 is 0 Å². The summed E-state index contributed by atoms with van der Waals surface area (Å²) in [5.74, 6) is -0.0662. The number of phenolic OH excluding ortho intramolecular Hbond substituents is 1. The van der Waals surface area contributed by atoms with Crippen molar-refractivity contribution in [2.75, 3.05) is 6.54 Å². The molecule has 0 aliphatic carbocycles. The predicted molar refractivity (Wildman–Crippen MR) is 57.4 cm³/mol. The molecule has 82 valence electrons. The number of halogens is 1. The normalized spacial score (nSPS) is 25.8. The van der Waals surface area contributed by atoms with Gasteiger partial charge in [0.05, 0.1) is 0 Å². The van der Waals surface area contributed by atoms with E-state index < -0.39 is 0 Å². The Morgan fingerprint density at radius 1 is 1.47 bits per heavy atom. The van der Waals surface area contributed by atoms with Gasteiger partial charge in [-0.2, -0.15) is 0 Å². The Morgan fingerprint density at radius 2 is 2.20 bits per heavy atom. The van der Waals surface area contributed by atoms with Crippen molar-refractivity contribution in [1.82, 2.24) is 5.32 Å². The number of benzene rings is 1. The van der Waals surface area contributed by atoms with Crippen LogP contribution in [0, 0.1) is 12.7 Å². The van der Waals surface area contributed by atoms with E-state index in [0.29, 0.717) is 11.1 Å². The van der Waals surface area contributed by atoms with E-state index in [9.17, 15) is 9.50 Å². The number of aromatic hydroxyl groups is 1. The molecule has 1 aliphatic heterocycles. The first kappa shape index (κ1) is 10.4. The van der Waals surface area contributed by atoms with Crippen LogP contribution in [0.25, 0.3) is 0 Å². The molecule has 0 radical (unpaired) electrons. The standard InChI is InChI=1S/C12H16FNO/c1-8-6-10(13)9(7-11(8)15)12(2)4-3-5-14-12/h6-7,14-15H,3-5H2,1-2H3. The molecule has 1 aromatic carbocycles. The van der Waals surface area contributed by atoms with Crippen LogP contribution in [-0.2, 0) is 5.54 Å². The number of phenols is 1. The summed E-state index contributed by atoms with van der Waals surface area (Å²) in [7, 11) is 0. The highest BCUT2D eigenvalue weighted by atomic mass is 19.1. The number of hydrogen-bond donors (Lipinski definition) is 2. The van der Waals surface area contributed by atoms with Crippen molar-refractivity contribution in [3.63, 3.8) is 0 Å². The van der Waals surface area contributed by atoms with Crippen molar-refractivity contribution < 1.29 is 9.50 Å². The number of aryl methyl sites for hydroxylation is 1. The van der Waals surface area contributed by atoms with E-state index in [1.54, 1.807) is 13.0 Å². The molecule has 2 rings (SSSR count). The number of rotatable bonds is 1. The molecule has 1 heterocycles. The minimum absolute atomic E-state index is 0.168. The van der Waals surface area contributed by atoms with E-state index in [1.807, 2.05) is 6.92 Å². The minimum Gasteiger partial charge on any atom is -0.508 e. The average molecular weight is 209 g/mol. The lowest BCUT2D eigenvalue weighted by Crippen LogP contribution is -2.34. The van der Waals surface area contributed by atoms with Crippen molar-refractivity contribution >= 4 is 0 Å². The summed E-state index contributed by atoms with van der Waals surface area (Å²) in [5, 5.41) is 12.9. The van der Waals surface area contributed by atoms with Crippen LogP contribution in [0.3, 0.4) is 0 Å². The molecule has 1 atom stereocenters. The van der Waals surface area contributed by atoms with Crippen molar-refractivity contribution in [2.45, 2.75) is 32.2 Å². The molecular formula is C12H16FNO. The van der Waals surface area contributed by atoms with Gasteiger partial charge in [0, 0.05) is 11.1 Å². The van der Waals surface area contributed by atoms with Crippen LogP contribution in [-0.4, -0.2) is 11.7 Å². The Hall–Kier alpha value is -1.09. The molecule has 1 saturated heterocycles. The fraction of sp³-hybridized carbons (Fsp3) is 0.500. The molecule has 0 amide bonds. The van der Waals surface area contributed by atoms with Gasteiger partial charge in [-0.05, 0) is 50.9 Å². The molecule has 3 heteroatoms. The van der Waals surface area contributed by atoms with Gasteiger partial charge in [0.25, 0.3) is 0 Å². The van der Waals surface area contributed by atoms with Gasteiger partial charge in [-0.15, -0.1) is 0 Å². The second-order valence-corrected chi connectivity index (χ2v) is 4.48. The number of nitrogens with one attached hydrogen (secondary N) is 1. The molecule has 2 nitrogen and oxygen atoms in total. The first-order valence-electron chi connectivity index (χ1n) is 5.27. The van der Waals surface area contributed by atoms with Crippen molar-refractivity contribution in [3.05, 3.63) is 29.1 Å². The minimum atomic E-state index is -0.324.